The molecule has 8 aromatic rings. The Balaban J connectivity index is -0.0000000777. The molecule has 81 heavy (non-hydrogen) atoms. The van der Waals surface area contributed by atoms with Gasteiger partial charge in [-0.2, -0.15) is 0 Å². The first-order valence-corrected chi connectivity index (χ1v) is 31.7. The molecule has 0 aliphatic heterocycles. The van der Waals surface area contributed by atoms with Gasteiger partial charge >= 0.3 is 0 Å². The summed E-state index contributed by atoms with van der Waals surface area (Å²) in [4.78, 5) is 0. The average Bonchev–Trinajstić information content (AvgIpc) is 3.60. The normalized spacial score (nSPS) is 7.35. The number of anilines is 8. The first-order chi connectivity index (χ1) is 40.0. The third kappa shape index (κ3) is 56.2. The van der Waals surface area contributed by atoms with E-state index in [1.165, 1.54) is 10.8 Å². The highest BCUT2D eigenvalue weighted by atomic mass is 14.9. The predicted octanol–water partition coefficient (Wildman–Crippen LogP) is 26.7. The van der Waals surface area contributed by atoms with Gasteiger partial charge in [0.1, 0.15) is 0 Å². The van der Waals surface area contributed by atoms with Crippen LogP contribution in [0.15, 0.2) is 194 Å². The lowest BCUT2D eigenvalue weighted by molar-refractivity contribution is 1.49. The molecular formula is C75H134N6. The summed E-state index contributed by atoms with van der Waals surface area (Å²) in [5.41, 5.74) is 25.0. The Hall–Kier alpha value is -6.92. The van der Waals surface area contributed by atoms with Crippen molar-refractivity contribution in [1.82, 2.24) is 0 Å². The molecular weight excluding hydrogens is 985 g/mol. The lowest BCUT2D eigenvalue weighted by atomic mass is 10.1. The van der Waals surface area contributed by atoms with Crippen LogP contribution in [0.4, 0.5) is 45.5 Å². The van der Waals surface area contributed by atoms with Gasteiger partial charge in [0.25, 0.3) is 0 Å². The van der Waals surface area contributed by atoms with Gasteiger partial charge in [0.05, 0.1) is 0 Å². The zero-order valence-corrected chi connectivity index (χ0v) is 58.7. The van der Waals surface area contributed by atoms with E-state index in [4.69, 9.17) is 17.2 Å². The van der Waals surface area contributed by atoms with Gasteiger partial charge in [0.2, 0.25) is 0 Å². The highest BCUT2D eigenvalue weighted by Gasteiger charge is 1.96. The molecule has 0 radical (unpaired) electrons. The van der Waals surface area contributed by atoms with Crippen molar-refractivity contribution in [2.45, 2.75) is 208 Å². The highest BCUT2D eigenvalue weighted by molar-refractivity contribution is 5.93. The minimum Gasteiger partial charge on any atom is -0.399 e. The Morgan fingerprint density at radius 2 is 0.420 bits per heavy atom. The fourth-order valence-electron chi connectivity index (χ4n) is 5.16. The molecule has 0 aliphatic carbocycles. The van der Waals surface area contributed by atoms with Crippen LogP contribution in [0.3, 0.4) is 0 Å². The molecule has 0 saturated carbocycles. The topological polar surface area (TPSA) is 114 Å². The van der Waals surface area contributed by atoms with Gasteiger partial charge in [-0.05, 0) is 95.7 Å². The van der Waals surface area contributed by atoms with E-state index in [0.717, 1.165) is 56.3 Å². The minimum atomic E-state index is 0.781. The standard InChI is InChI=1S/C13H14N2.C12H12N2.2C10H9N.15C2H6/c1-14-11-7-9-13(10-8-11)15-12-5-3-2-4-6-12;13-10-6-8-12(9-7-10)14-11-4-2-1-3-5-11;2*11-10-7-3-5-8-4-1-2-6-9(8)10;15*1-2/h2-10,14-15H,1H3;1-9,14H,13H2;2*1-7H,11H2;15*1-2H3. The molecule has 9 N–H and O–H groups in total. The second-order valence-corrected chi connectivity index (χ2v) is 11.6. The molecule has 464 valence electrons. The Labute approximate surface area is 506 Å². The smallest absolute Gasteiger partial charge is 0.0393 e. The summed E-state index contributed by atoms with van der Waals surface area (Å²) in [6, 6.07) is 64.2. The predicted molar refractivity (Wildman–Crippen MR) is 393 cm³/mol. The highest BCUT2D eigenvalue weighted by Crippen LogP contribution is 2.21. The lowest BCUT2D eigenvalue weighted by Crippen LogP contribution is -1.91. The van der Waals surface area contributed by atoms with Crippen LogP contribution in [0.2, 0.25) is 0 Å². The third-order valence-electron chi connectivity index (χ3n) is 7.86. The number of nitrogens with one attached hydrogen (secondary N) is 3. The first-order valence-electron chi connectivity index (χ1n) is 31.7. The average molecular weight is 1120 g/mol. The van der Waals surface area contributed by atoms with Gasteiger partial charge in [-0.1, -0.05) is 317 Å². The van der Waals surface area contributed by atoms with E-state index in [0.29, 0.717) is 0 Å². The van der Waals surface area contributed by atoms with Gasteiger partial charge in [0, 0.05) is 63.3 Å². The van der Waals surface area contributed by atoms with E-state index < -0.39 is 0 Å². The van der Waals surface area contributed by atoms with Gasteiger partial charge in [-0.3, -0.25) is 0 Å². The second kappa shape index (κ2) is 92.5. The van der Waals surface area contributed by atoms with Crippen molar-refractivity contribution < 1.29 is 0 Å². The second-order valence-electron chi connectivity index (χ2n) is 11.6. The maximum absolute atomic E-state index is 5.76. The van der Waals surface area contributed by atoms with E-state index in [2.05, 4.69) is 52.3 Å². The zero-order valence-electron chi connectivity index (χ0n) is 58.7. The van der Waals surface area contributed by atoms with Crippen LogP contribution in [-0.2, 0) is 0 Å². The van der Waals surface area contributed by atoms with E-state index in [9.17, 15) is 0 Å². The summed E-state index contributed by atoms with van der Waals surface area (Å²) >= 11 is 0. The Morgan fingerprint density at radius 1 is 0.210 bits per heavy atom. The summed E-state index contributed by atoms with van der Waals surface area (Å²) in [5.74, 6) is 0. The van der Waals surface area contributed by atoms with E-state index in [1.807, 2.05) is 372 Å². The number of hydrogen-bond donors (Lipinski definition) is 6. The molecule has 6 heteroatoms. The summed E-state index contributed by atoms with van der Waals surface area (Å²) in [5, 5.41) is 14.4. The fourth-order valence-corrected chi connectivity index (χ4v) is 5.16. The molecule has 8 aromatic carbocycles. The van der Waals surface area contributed by atoms with E-state index >= 15 is 0 Å². The minimum absolute atomic E-state index is 0.781. The van der Waals surface area contributed by atoms with E-state index in [-0.39, 0.29) is 0 Å². The van der Waals surface area contributed by atoms with Crippen LogP contribution >= 0.6 is 0 Å². The number of nitrogens with two attached hydrogens (primary N) is 3. The number of para-hydroxylation sites is 2. The lowest BCUT2D eigenvalue weighted by Gasteiger charge is -2.06. The van der Waals surface area contributed by atoms with Crippen LogP contribution in [0.1, 0.15) is 208 Å². The quantitative estimate of drug-likeness (QED) is 0.0957. The molecule has 8 rings (SSSR count). The molecule has 6 nitrogen and oxygen atoms in total. The van der Waals surface area contributed by atoms with Crippen molar-refractivity contribution in [1.29, 1.82) is 0 Å². The molecule has 0 saturated heterocycles. The number of benzene rings is 8. The van der Waals surface area contributed by atoms with Crippen molar-refractivity contribution >= 4 is 67.0 Å². The van der Waals surface area contributed by atoms with Crippen molar-refractivity contribution in [3.8, 4) is 0 Å². The molecule has 0 bridgehead atoms. The van der Waals surface area contributed by atoms with Crippen LogP contribution in [0.5, 0.6) is 0 Å². The Morgan fingerprint density at radius 3 is 0.679 bits per heavy atom. The largest absolute Gasteiger partial charge is 0.399 e. The van der Waals surface area contributed by atoms with Crippen molar-refractivity contribution in [3.05, 3.63) is 194 Å². The van der Waals surface area contributed by atoms with Crippen LogP contribution < -0.4 is 33.2 Å². The summed E-state index contributed by atoms with van der Waals surface area (Å²) in [6.07, 6.45) is 0. The molecule has 0 amide bonds. The monoisotopic (exact) mass is 1120 g/mol. The van der Waals surface area contributed by atoms with Crippen molar-refractivity contribution in [3.63, 3.8) is 0 Å². The Kier molecular flexibility index (Phi) is 114. The number of nitrogen functional groups attached to an aromatic ring is 3. The van der Waals surface area contributed by atoms with Gasteiger partial charge < -0.3 is 33.2 Å². The summed E-state index contributed by atoms with van der Waals surface area (Å²) in [6.45, 7) is 60.0. The van der Waals surface area contributed by atoms with Crippen LogP contribution in [0.25, 0.3) is 21.5 Å². The summed E-state index contributed by atoms with van der Waals surface area (Å²) in [7, 11) is 1.92. The number of rotatable bonds is 5. The van der Waals surface area contributed by atoms with Crippen LogP contribution in [0, 0.1) is 0 Å². The maximum atomic E-state index is 5.76. The molecule has 0 heterocycles. The van der Waals surface area contributed by atoms with Crippen molar-refractivity contribution in [2.75, 3.05) is 40.2 Å². The molecule has 0 aromatic heterocycles. The van der Waals surface area contributed by atoms with Gasteiger partial charge in [-0.25, -0.2) is 0 Å². The van der Waals surface area contributed by atoms with Crippen molar-refractivity contribution in [2.24, 2.45) is 0 Å². The fraction of sp³-hybridized carbons (Fsp3) is 0.413. The van der Waals surface area contributed by atoms with E-state index in [1.54, 1.807) is 0 Å². The molecule has 0 aliphatic rings. The first kappa shape index (κ1) is 99.4. The molecule has 0 unspecified atom stereocenters. The maximum Gasteiger partial charge on any atom is 0.0393 e. The summed E-state index contributed by atoms with van der Waals surface area (Å²) < 4.78 is 0. The SMILES string of the molecule is CC.CC.CC.CC.CC.CC.CC.CC.CC.CC.CC.CC.CC.CC.CC.CNc1ccc(Nc2ccccc2)cc1.Nc1ccc(Nc2ccccc2)cc1.Nc1cccc2ccccc12.Nc1cccc2ccccc12. The number of fused-ring (bicyclic) bond motifs is 2. The molecule has 0 fully saturated rings. The Bertz CT molecular complexity index is 2120. The third-order valence-corrected chi connectivity index (χ3v) is 7.86. The number of hydrogen-bond acceptors (Lipinski definition) is 6. The zero-order chi connectivity index (χ0) is 65.7. The van der Waals surface area contributed by atoms with Gasteiger partial charge in [0.15, 0.2) is 0 Å². The molecule has 0 atom stereocenters. The van der Waals surface area contributed by atoms with Crippen LogP contribution in [-0.4, -0.2) is 7.05 Å². The van der Waals surface area contributed by atoms with Gasteiger partial charge in [-0.15, -0.1) is 0 Å². The molecule has 0 spiro atoms.